The van der Waals surface area contributed by atoms with Crippen LogP contribution >= 0.6 is 0 Å². The van der Waals surface area contributed by atoms with Gasteiger partial charge in [-0.15, -0.1) is 0 Å². The number of rotatable bonds is 6. The maximum Gasteiger partial charge on any atom is 0.321 e. The molecule has 0 bridgehead atoms. The van der Waals surface area contributed by atoms with Crippen LogP contribution in [0.3, 0.4) is 0 Å². The molecular formula is C12H17NO5S. The molecular weight excluding hydrogens is 270 g/mol. The Labute approximate surface area is 113 Å². The van der Waals surface area contributed by atoms with Crippen molar-refractivity contribution in [3.05, 3.63) is 24.3 Å². The monoisotopic (exact) mass is 287 g/mol. The fourth-order valence-electron chi connectivity index (χ4n) is 1.40. The molecule has 1 aromatic rings. The summed E-state index contributed by atoms with van der Waals surface area (Å²) < 4.78 is 34.9. The second-order valence-corrected chi connectivity index (χ2v) is 5.79. The van der Waals surface area contributed by atoms with Gasteiger partial charge in [0, 0.05) is 7.05 Å². The van der Waals surface area contributed by atoms with Gasteiger partial charge < -0.3 is 9.47 Å². The lowest BCUT2D eigenvalue weighted by molar-refractivity contribution is -0.143. The molecule has 0 fully saturated rings. The topological polar surface area (TPSA) is 72.9 Å². The summed E-state index contributed by atoms with van der Waals surface area (Å²) in [6.07, 6.45) is 0. The van der Waals surface area contributed by atoms with Gasteiger partial charge in [-0.25, -0.2) is 8.42 Å². The van der Waals surface area contributed by atoms with Crippen molar-refractivity contribution in [3.8, 4) is 5.75 Å². The quantitative estimate of drug-likeness (QED) is 0.726. The molecule has 1 rings (SSSR count). The fourth-order valence-corrected chi connectivity index (χ4v) is 2.52. The summed E-state index contributed by atoms with van der Waals surface area (Å²) in [5.74, 6) is -0.0194. The second-order valence-electron chi connectivity index (χ2n) is 3.74. The third-order valence-corrected chi connectivity index (χ3v) is 4.24. The Morgan fingerprint density at radius 1 is 1.26 bits per heavy atom. The zero-order valence-electron chi connectivity index (χ0n) is 11.1. The van der Waals surface area contributed by atoms with E-state index in [1.807, 2.05) is 0 Å². The molecule has 0 saturated carbocycles. The Morgan fingerprint density at radius 2 is 1.84 bits per heavy atom. The molecule has 0 aliphatic heterocycles. The number of hydrogen-bond acceptors (Lipinski definition) is 5. The highest BCUT2D eigenvalue weighted by Gasteiger charge is 2.23. The van der Waals surface area contributed by atoms with E-state index in [9.17, 15) is 13.2 Å². The number of hydrogen-bond donors (Lipinski definition) is 0. The number of likely N-dealkylation sites (N-methyl/N-ethyl adjacent to an activating group) is 1. The van der Waals surface area contributed by atoms with Crippen molar-refractivity contribution < 1.29 is 22.7 Å². The van der Waals surface area contributed by atoms with Crippen LogP contribution < -0.4 is 4.74 Å². The molecule has 0 heterocycles. The molecule has 0 amide bonds. The van der Waals surface area contributed by atoms with Gasteiger partial charge >= 0.3 is 5.97 Å². The van der Waals surface area contributed by atoms with Crippen LogP contribution in [0, 0.1) is 0 Å². The SMILES string of the molecule is CCOC(=O)CN(C)S(=O)(=O)c1ccc(OC)cc1. The summed E-state index contributed by atoms with van der Waals surface area (Å²) in [7, 11) is -0.874. The van der Waals surface area contributed by atoms with Gasteiger partial charge in [-0.3, -0.25) is 4.79 Å². The van der Waals surface area contributed by atoms with Gasteiger partial charge in [0.15, 0.2) is 0 Å². The molecule has 1 aromatic carbocycles. The molecule has 0 N–H and O–H groups in total. The van der Waals surface area contributed by atoms with Crippen molar-refractivity contribution >= 4 is 16.0 Å². The van der Waals surface area contributed by atoms with Gasteiger partial charge in [0.2, 0.25) is 10.0 Å². The Balaban J connectivity index is 2.86. The lowest BCUT2D eigenvalue weighted by Gasteiger charge is -2.16. The van der Waals surface area contributed by atoms with Crippen molar-refractivity contribution in [1.82, 2.24) is 4.31 Å². The summed E-state index contributed by atoms with van der Waals surface area (Å²) >= 11 is 0. The number of ether oxygens (including phenoxy) is 2. The molecule has 0 radical (unpaired) electrons. The van der Waals surface area contributed by atoms with E-state index in [1.165, 1.54) is 26.3 Å². The summed E-state index contributed by atoms with van der Waals surface area (Å²) in [4.78, 5) is 11.4. The molecule has 106 valence electrons. The Bertz CT molecular complexity index is 524. The lowest BCUT2D eigenvalue weighted by atomic mass is 10.3. The summed E-state index contributed by atoms with van der Waals surface area (Å²) in [6, 6.07) is 5.95. The van der Waals surface area contributed by atoms with Crippen LogP contribution in [0.25, 0.3) is 0 Å². The molecule has 0 spiro atoms. The van der Waals surface area contributed by atoms with E-state index in [0.717, 1.165) is 4.31 Å². The Hall–Kier alpha value is -1.60. The lowest BCUT2D eigenvalue weighted by Crippen LogP contribution is -2.33. The molecule has 0 aromatic heterocycles. The van der Waals surface area contributed by atoms with Crippen molar-refractivity contribution in [2.75, 3.05) is 27.3 Å². The van der Waals surface area contributed by atoms with Crippen molar-refractivity contribution in [2.24, 2.45) is 0 Å². The van der Waals surface area contributed by atoms with E-state index in [1.54, 1.807) is 19.1 Å². The van der Waals surface area contributed by atoms with E-state index in [2.05, 4.69) is 0 Å². The summed E-state index contributed by atoms with van der Waals surface area (Å²) in [5.41, 5.74) is 0. The van der Waals surface area contributed by atoms with Crippen LogP contribution in [0.4, 0.5) is 0 Å². The van der Waals surface area contributed by atoms with E-state index < -0.39 is 16.0 Å². The van der Waals surface area contributed by atoms with Gasteiger partial charge in [0.05, 0.1) is 18.6 Å². The van der Waals surface area contributed by atoms with Crippen LogP contribution in [-0.4, -0.2) is 46.0 Å². The van der Waals surface area contributed by atoms with Gasteiger partial charge in [0.1, 0.15) is 12.3 Å². The Kier molecular flexibility index (Phi) is 5.31. The van der Waals surface area contributed by atoms with Crippen molar-refractivity contribution in [2.45, 2.75) is 11.8 Å². The largest absolute Gasteiger partial charge is 0.497 e. The predicted octanol–water partition coefficient (Wildman–Crippen LogP) is 0.879. The summed E-state index contributed by atoms with van der Waals surface area (Å²) in [6.45, 7) is 1.56. The number of carbonyl (C=O) groups is 1. The van der Waals surface area contributed by atoms with Gasteiger partial charge in [0.25, 0.3) is 0 Å². The van der Waals surface area contributed by atoms with Crippen LogP contribution in [0.1, 0.15) is 6.92 Å². The number of methoxy groups -OCH3 is 1. The van der Waals surface area contributed by atoms with E-state index in [0.29, 0.717) is 5.75 Å². The minimum Gasteiger partial charge on any atom is -0.497 e. The molecule has 0 aliphatic carbocycles. The fraction of sp³-hybridized carbons (Fsp3) is 0.417. The third-order valence-electron chi connectivity index (χ3n) is 2.42. The normalized spacial score (nSPS) is 11.4. The standard InChI is InChI=1S/C12H17NO5S/c1-4-18-12(14)9-13(2)19(15,16)11-7-5-10(17-3)6-8-11/h5-8H,4,9H2,1-3H3. The number of carbonyl (C=O) groups excluding carboxylic acids is 1. The highest BCUT2D eigenvalue weighted by Crippen LogP contribution is 2.18. The smallest absolute Gasteiger partial charge is 0.321 e. The average molecular weight is 287 g/mol. The zero-order valence-corrected chi connectivity index (χ0v) is 11.9. The minimum atomic E-state index is -3.70. The zero-order chi connectivity index (χ0) is 14.5. The molecule has 19 heavy (non-hydrogen) atoms. The third kappa shape index (κ3) is 3.93. The van der Waals surface area contributed by atoms with Crippen LogP contribution in [0.15, 0.2) is 29.2 Å². The molecule has 0 aliphatic rings. The molecule has 0 atom stereocenters. The van der Waals surface area contributed by atoms with Gasteiger partial charge in [-0.1, -0.05) is 0 Å². The first-order valence-corrected chi connectivity index (χ1v) is 7.11. The number of sulfonamides is 1. The average Bonchev–Trinajstić information content (AvgIpc) is 2.39. The summed E-state index contributed by atoms with van der Waals surface area (Å²) in [5, 5.41) is 0. The molecule has 0 unspecified atom stereocenters. The van der Waals surface area contributed by atoms with E-state index in [-0.39, 0.29) is 18.0 Å². The second kappa shape index (κ2) is 6.53. The van der Waals surface area contributed by atoms with Crippen LogP contribution in [0.2, 0.25) is 0 Å². The van der Waals surface area contributed by atoms with E-state index in [4.69, 9.17) is 9.47 Å². The maximum absolute atomic E-state index is 12.1. The number of benzene rings is 1. The van der Waals surface area contributed by atoms with Gasteiger partial charge in [-0.2, -0.15) is 4.31 Å². The van der Waals surface area contributed by atoms with Crippen LogP contribution in [-0.2, 0) is 19.6 Å². The first-order chi connectivity index (χ1) is 8.91. The maximum atomic E-state index is 12.1. The Morgan fingerprint density at radius 3 is 2.32 bits per heavy atom. The molecule has 7 heteroatoms. The van der Waals surface area contributed by atoms with Crippen molar-refractivity contribution in [1.29, 1.82) is 0 Å². The highest BCUT2D eigenvalue weighted by atomic mass is 32.2. The van der Waals surface area contributed by atoms with E-state index >= 15 is 0 Å². The first-order valence-electron chi connectivity index (χ1n) is 5.67. The molecule has 0 saturated heterocycles. The predicted molar refractivity (Wildman–Crippen MR) is 69.4 cm³/mol. The first kappa shape index (κ1) is 15.5. The van der Waals surface area contributed by atoms with Crippen LogP contribution in [0.5, 0.6) is 5.75 Å². The van der Waals surface area contributed by atoms with Gasteiger partial charge in [-0.05, 0) is 31.2 Å². The van der Waals surface area contributed by atoms with Crippen molar-refractivity contribution in [3.63, 3.8) is 0 Å². The number of esters is 1. The molecule has 6 nitrogen and oxygen atoms in total. The minimum absolute atomic E-state index is 0.0973. The highest BCUT2D eigenvalue weighted by molar-refractivity contribution is 7.89. The number of nitrogens with zero attached hydrogens (tertiary/aromatic N) is 1.